The summed E-state index contributed by atoms with van der Waals surface area (Å²) in [5, 5.41) is 8.58. The van der Waals surface area contributed by atoms with Gasteiger partial charge in [0.25, 0.3) is 0 Å². The summed E-state index contributed by atoms with van der Waals surface area (Å²) >= 11 is 0. The predicted octanol–water partition coefficient (Wildman–Crippen LogP) is 3.86. The van der Waals surface area contributed by atoms with Gasteiger partial charge in [-0.25, -0.2) is 0 Å². The normalized spacial score (nSPS) is 11.8. The van der Waals surface area contributed by atoms with Crippen LogP contribution in [0, 0.1) is 17.2 Å². The zero-order valence-electron chi connectivity index (χ0n) is 9.09. The minimum absolute atomic E-state index is 0.0933. The van der Waals surface area contributed by atoms with Crippen molar-refractivity contribution >= 4 is 0 Å². The van der Waals surface area contributed by atoms with Crippen LogP contribution >= 0.6 is 0 Å². The van der Waals surface area contributed by atoms with Gasteiger partial charge in [0.1, 0.15) is 0 Å². The molecule has 0 aliphatic rings. The standard InChI is InChI=1S/C10H13N.C2H6/c1-5-10(6-8(2)3)9(4)7-11;1-2/h5-6,9H,1-2H2,3-4H3;1-2H3/b10-6+;. The number of allylic oxidation sites excluding steroid dienone is 4. The van der Waals surface area contributed by atoms with Crippen molar-refractivity contribution in [1.29, 1.82) is 5.26 Å². The Labute approximate surface area is 82.1 Å². The van der Waals surface area contributed by atoms with Crippen molar-refractivity contribution in [3.8, 4) is 6.07 Å². The van der Waals surface area contributed by atoms with Crippen LogP contribution < -0.4 is 0 Å². The molecule has 0 saturated carbocycles. The minimum atomic E-state index is -0.0933. The lowest BCUT2D eigenvalue weighted by molar-refractivity contribution is 0.907. The molecule has 0 amide bonds. The molecule has 0 radical (unpaired) electrons. The van der Waals surface area contributed by atoms with Gasteiger partial charge in [-0.3, -0.25) is 0 Å². The Balaban J connectivity index is 0. The van der Waals surface area contributed by atoms with Gasteiger partial charge in [-0.05, 0) is 19.4 Å². The maximum Gasteiger partial charge on any atom is 0.0700 e. The van der Waals surface area contributed by atoms with Crippen LogP contribution in [0.5, 0.6) is 0 Å². The molecule has 1 nitrogen and oxygen atoms in total. The van der Waals surface area contributed by atoms with Gasteiger partial charge in [-0.15, -0.1) is 0 Å². The molecule has 1 heteroatoms. The maximum absolute atomic E-state index is 8.58. The van der Waals surface area contributed by atoms with Crippen LogP contribution in [-0.4, -0.2) is 0 Å². The third kappa shape index (κ3) is 7.08. The van der Waals surface area contributed by atoms with E-state index in [1.54, 1.807) is 6.08 Å². The highest BCUT2D eigenvalue weighted by molar-refractivity contribution is 5.30. The van der Waals surface area contributed by atoms with E-state index in [1.165, 1.54) is 0 Å². The van der Waals surface area contributed by atoms with E-state index < -0.39 is 0 Å². The molecular weight excluding hydrogens is 158 g/mol. The molecule has 72 valence electrons. The second-order valence-corrected chi connectivity index (χ2v) is 2.55. The molecule has 0 saturated heterocycles. The van der Waals surface area contributed by atoms with Crippen molar-refractivity contribution < 1.29 is 0 Å². The van der Waals surface area contributed by atoms with E-state index in [1.807, 2.05) is 33.8 Å². The molecule has 0 aromatic carbocycles. The van der Waals surface area contributed by atoms with Crippen LogP contribution in [0.2, 0.25) is 0 Å². The molecule has 0 N–H and O–H groups in total. The van der Waals surface area contributed by atoms with Gasteiger partial charge >= 0.3 is 0 Å². The lowest BCUT2D eigenvalue weighted by atomic mass is 10.0. The van der Waals surface area contributed by atoms with Crippen molar-refractivity contribution in [1.82, 2.24) is 0 Å². The van der Waals surface area contributed by atoms with Gasteiger partial charge in [0.2, 0.25) is 0 Å². The van der Waals surface area contributed by atoms with Crippen LogP contribution in [0.1, 0.15) is 27.7 Å². The second kappa shape index (κ2) is 8.80. The summed E-state index contributed by atoms with van der Waals surface area (Å²) < 4.78 is 0. The minimum Gasteiger partial charge on any atom is -0.198 e. The molecule has 0 spiro atoms. The van der Waals surface area contributed by atoms with Gasteiger partial charge in [0, 0.05) is 0 Å². The maximum atomic E-state index is 8.58. The average molecular weight is 177 g/mol. The monoisotopic (exact) mass is 177 g/mol. The Kier molecular flexibility index (Phi) is 9.65. The van der Waals surface area contributed by atoms with E-state index in [-0.39, 0.29) is 5.92 Å². The summed E-state index contributed by atoms with van der Waals surface area (Å²) in [7, 11) is 0. The van der Waals surface area contributed by atoms with Crippen molar-refractivity contribution in [3.05, 3.63) is 36.5 Å². The van der Waals surface area contributed by atoms with Crippen LogP contribution in [0.3, 0.4) is 0 Å². The summed E-state index contributed by atoms with van der Waals surface area (Å²) in [5.74, 6) is -0.0933. The number of rotatable bonds is 3. The highest BCUT2D eigenvalue weighted by Gasteiger charge is 2.01. The summed E-state index contributed by atoms with van der Waals surface area (Å²) in [5.41, 5.74) is 1.88. The molecule has 0 rings (SSSR count). The zero-order valence-corrected chi connectivity index (χ0v) is 9.09. The fraction of sp³-hybridized carbons (Fsp3) is 0.417. The molecule has 0 fully saturated rings. The first kappa shape index (κ1) is 14.2. The average Bonchev–Trinajstić information content (AvgIpc) is 2.16. The van der Waals surface area contributed by atoms with E-state index in [4.69, 9.17) is 5.26 Å². The topological polar surface area (TPSA) is 23.8 Å². The van der Waals surface area contributed by atoms with E-state index in [9.17, 15) is 0 Å². The third-order valence-corrected chi connectivity index (χ3v) is 1.34. The van der Waals surface area contributed by atoms with Crippen molar-refractivity contribution in [2.45, 2.75) is 27.7 Å². The van der Waals surface area contributed by atoms with E-state index in [2.05, 4.69) is 19.2 Å². The van der Waals surface area contributed by atoms with Crippen LogP contribution in [0.15, 0.2) is 36.5 Å². The van der Waals surface area contributed by atoms with E-state index >= 15 is 0 Å². The summed E-state index contributed by atoms with van der Waals surface area (Å²) in [6.45, 7) is 15.1. The first-order chi connectivity index (χ1) is 6.11. The lowest BCUT2D eigenvalue weighted by Gasteiger charge is -2.02. The fourth-order valence-corrected chi connectivity index (χ4v) is 0.720. The molecule has 0 aliphatic carbocycles. The summed E-state index contributed by atoms with van der Waals surface area (Å²) in [6.07, 6.45) is 3.57. The molecule has 1 atom stereocenters. The molecule has 0 bridgehead atoms. The van der Waals surface area contributed by atoms with Crippen LogP contribution in [-0.2, 0) is 0 Å². The van der Waals surface area contributed by atoms with Crippen LogP contribution in [0.4, 0.5) is 0 Å². The molecule has 0 aromatic rings. The number of hydrogen-bond donors (Lipinski definition) is 0. The molecule has 13 heavy (non-hydrogen) atoms. The largest absolute Gasteiger partial charge is 0.198 e. The Morgan fingerprint density at radius 2 is 1.92 bits per heavy atom. The highest BCUT2D eigenvalue weighted by atomic mass is 14.3. The molecule has 0 aromatic heterocycles. The molecular formula is C12H19N. The Bertz CT molecular complexity index is 228. The van der Waals surface area contributed by atoms with Gasteiger partial charge in [-0.2, -0.15) is 5.26 Å². The van der Waals surface area contributed by atoms with Crippen molar-refractivity contribution in [2.24, 2.45) is 5.92 Å². The Morgan fingerprint density at radius 1 is 1.46 bits per heavy atom. The van der Waals surface area contributed by atoms with Gasteiger partial charge in [0.05, 0.1) is 12.0 Å². The summed E-state index contributed by atoms with van der Waals surface area (Å²) in [6, 6.07) is 2.14. The van der Waals surface area contributed by atoms with E-state index in [0.29, 0.717) is 0 Å². The first-order valence-electron chi connectivity index (χ1n) is 4.51. The fourth-order valence-electron chi connectivity index (χ4n) is 0.720. The van der Waals surface area contributed by atoms with E-state index in [0.717, 1.165) is 11.1 Å². The molecule has 1 unspecified atom stereocenters. The SMILES string of the molecule is C=C/C(=C\C(=C)C)C(C)C#N.CC. The Hall–Kier alpha value is -1.29. The third-order valence-electron chi connectivity index (χ3n) is 1.34. The number of nitriles is 1. The number of hydrogen-bond acceptors (Lipinski definition) is 1. The van der Waals surface area contributed by atoms with Crippen molar-refractivity contribution in [2.75, 3.05) is 0 Å². The van der Waals surface area contributed by atoms with Crippen molar-refractivity contribution in [3.63, 3.8) is 0 Å². The Morgan fingerprint density at radius 3 is 2.15 bits per heavy atom. The first-order valence-corrected chi connectivity index (χ1v) is 4.51. The van der Waals surface area contributed by atoms with Gasteiger partial charge in [0.15, 0.2) is 0 Å². The van der Waals surface area contributed by atoms with Gasteiger partial charge < -0.3 is 0 Å². The molecule has 0 aliphatic heterocycles. The smallest absolute Gasteiger partial charge is 0.0700 e. The molecule has 0 heterocycles. The van der Waals surface area contributed by atoms with Gasteiger partial charge in [-0.1, -0.05) is 44.7 Å². The highest BCUT2D eigenvalue weighted by Crippen LogP contribution is 2.12. The predicted molar refractivity (Wildman–Crippen MR) is 59.2 cm³/mol. The number of nitrogens with zero attached hydrogens (tertiary/aromatic N) is 1. The lowest BCUT2D eigenvalue weighted by Crippen LogP contribution is -1.92. The van der Waals surface area contributed by atoms with Crippen LogP contribution in [0.25, 0.3) is 0 Å². The zero-order chi connectivity index (χ0) is 10.9. The second-order valence-electron chi connectivity index (χ2n) is 2.55. The summed E-state index contributed by atoms with van der Waals surface area (Å²) in [4.78, 5) is 0. The quantitative estimate of drug-likeness (QED) is 0.600.